The lowest BCUT2D eigenvalue weighted by atomic mass is 10.3. The molecular formula is C9H8BrNO3. The lowest BCUT2D eigenvalue weighted by Crippen LogP contribution is -2.08. The van der Waals surface area contributed by atoms with Gasteiger partial charge in [0.25, 0.3) is 0 Å². The van der Waals surface area contributed by atoms with Crippen LogP contribution in [0.4, 0.5) is 0 Å². The van der Waals surface area contributed by atoms with Gasteiger partial charge in [0, 0.05) is 7.05 Å². The Morgan fingerprint density at radius 2 is 2.21 bits per heavy atom. The number of oxazole rings is 1. The Morgan fingerprint density at radius 3 is 2.86 bits per heavy atom. The molecule has 0 aliphatic rings. The lowest BCUT2D eigenvalue weighted by Gasteiger charge is -2.02. The van der Waals surface area contributed by atoms with Gasteiger partial charge in [0.1, 0.15) is 0 Å². The minimum Gasteiger partial charge on any atom is -0.492 e. The van der Waals surface area contributed by atoms with Gasteiger partial charge in [-0.25, -0.2) is 4.79 Å². The maximum atomic E-state index is 11.2. The Bertz CT molecular complexity index is 541. The second kappa shape index (κ2) is 3.16. The molecule has 0 unspecified atom stereocenters. The Morgan fingerprint density at radius 1 is 1.50 bits per heavy atom. The summed E-state index contributed by atoms with van der Waals surface area (Å²) < 4.78 is 12.4. The first-order chi connectivity index (χ1) is 6.65. The Labute approximate surface area is 88.2 Å². The molecule has 5 heteroatoms. The van der Waals surface area contributed by atoms with E-state index >= 15 is 0 Å². The van der Waals surface area contributed by atoms with Crippen molar-refractivity contribution in [3.05, 3.63) is 27.2 Å². The number of hydrogen-bond acceptors (Lipinski definition) is 3. The highest BCUT2D eigenvalue weighted by molar-refractivity contribution is 9.10. The molecule has 0 aliphatic carbocycles. The van der Waals surface area contributed by atoms with Crippen LogP contribution in [0, 0.1) is 0 Å². The first-order valence-electron chi connectivity index (χ1n) is 3.97. The number of aromatic nitrogens is 1. The Hall–Kier alpha value is -1.23. The summed E-state index contributed by atoms with van der Waals surface area (Å²) in [6, 6.07) is 3.61. The van der Waals surface area contributed by atoms with E-state index in [2.05, 4.69) is 15.9 Å². The third kappa shape index (κ3) is 1.16. The minimum absolute atomic E-state index is 0.392. The first-order valence-corrected chi connectivity index (χ1v) is 4.76. The minimum atomic E-state index is -0.392. The number of halogens is 1. The van der Waals surface area contributed by atoms with E-state index in [1.54, 1.807) is 13.1 Å². The van der Waals surface area contributed by atoms with Crippen molar-refractivity contribution in [3.63, 3.8) is 0 Å². The van der Waals surface area contributed by atoms with Crippen LogP contribution in [0.15, 0.2) is 25.8 Å². The summed E-state index contributed by atoms with van der Waals surface area (Å²) in [6.45, 7) is 0. The number of benzene rings is 1. The number of methoxy groups -OCH3 is 1. The van der Waals surface area contributed by atoms with Gasteiger partial charge >= 0.3 is 5.76 Å². The summed E-state index contributed by atoms with van der Waals surface area (Å²) in [5.41, 5.74) is 1.18. The van der Waals surface area contributed by atoms with Crippen LogP contribution in [0.2, 0.25) is 0 Å². The molecule has 0 bridgehead atoms. The van der Waals surface area contributed by atoms with Gasteiger partial charge in [-0.15, -0.1) is 0 Å². The third-order valence-electron chi connectivity index (χ3n) is 2.07. The van der Waals surface area contributed by atoms with Crippen LogP contribution in [-0.4, -0.2) is 11.7 Å². The van der Waals surface area contributed by atoms with Crippen molar-refractivity contribution in [2.24, 2.45) is 7.05 Å². The predicted octanol–water partition coefficient (Wildman–Crippen LogP) is 1.90. The van der Waals surface area contributed by atoms with Gasteiger partial charge in [-0.1, -0.05) is 0 Å². The van der Waals surface area contributed by atoms with Crippen LogP contribution in [0.1, 0.15) is 0 Å². The van der Waals surface area contributed by atoms with Crippen molar-refractivity contribution in [1.82, 2.24) is 4.57 Å². The number of rotatable bonds is 1. The molecule has 0 N–H and O–H groups in total. The molecule has 14 heavy (non-hydrogen) atoms. The van der Waals surface area contributed by atoms with E-state index in [4.69, 9.17) is 9.15 Å². The van der Waals surface area contributed by atoms with Gasteiger partial charge in [0.05, 0.1) is 17.1 Å². The second-order valence-electron chi connectivity index (χ2n) is 2.86. The SMILES string of the molecule is COc1c(Br)ccc2c1oc(=O)n2C. The zero-order valence-electron chi connectivity index (χ0n) is 7.70. The normalized spacial score (nSPS) is 10.8. The van der Waals surface area contributed by atoms with Crippen molar-refractivity contribution in [1.29, 1.82) is 0 Å². The largest absolute Gasteiger partial charge is 0.492 e. The van der Waals surface area contributed by atoms with Crippen LogP contribution in [0.25, 0.3) is 11.1 Å². The molecule has 74 valence electrons. The molecule has 1 aromatic carbocycles. The standard InChI is InChI=1S/C9H8BrNO3/c1-11-6-4-3-5(10)7(13-2)8(6)14-9(11)12/h3-4H,1-2H3. The highest BCUT2D eigenvalue weighted by Gasteiger charge is 2.13. The molecule has 0 aliphatic heterocycles. The third-order valence-corrected chi connectivity index (χ3v) is 2.70. The number of ether oxygens (including phenoxy) is 1. The van der Waals surface area contributed by atoms with Gasteiger partial charge in [0.15, 0.2) is 11.3 Å². The number of hydrogen-bond donors (Lipinski definition) is 0. The van der Waals surface area contributed by atoms with Crippen LogP contribution in [-0.2, 0) is 7.05 Å². The zero-order valence-corrected chi connectivity index (χ0v) is 9.29. The smallest absolute Gasteiger partial charge is 0.419 e. The molecule has 0 saturated heterocycles. The predicted molar refractivity (Wildman–Crippen MR) is 55.7 cm³/mol. The van der Waals surface area contributed by atoms with Crippen molar-refractivity contribution >= 4 is 27.0 Å². The van der Waals surface area contributed by atoms with E-state index in [0.29, 0.717) is 11.3 Å². The Balaban J connectivity index is 2.95. The molecule has 1 aromatic heterocycles. The highest BCUT2D eigenvalue weighted by Crippen LogP contribution is 2.32. The molecule has 0 atom stereocenters. The summed E-state index contributed by atoms with van der Waals surface area (Å²) in [5, 5.41) is 0. The topological polar surface area (TPSA) is 44.4 Å². The van der Waals surface area contributed by atoms with E-state index in [-0.39, 0.29) is 0 Å². The molecule has 2 aromatic rings. The molecule has 0 radical (unpaired) electrons. The quantitative estimate of drug-likeness (QED) is 0.784. The van der Waals surface area contributed by atoms with Crippen molar-refractivity contribution in [3.8, 4) is 5.75 Å². The van der Waals surface area contributed by atoms with Crippen LogP contribution in [0.3, 0.4) is 0 Å². The van der Waals surface area contributed by atoms with Gasteiger partial charge < -0.3 is 9.15 Å². The van der Waals surface area contributed by atoms with Crippen LogP contribution in [0.5, 0.6) is 5.75 Å². The number of fused-ring (bicyclic) bond motifs is 1. The zero-order chi connectivity index (χ0) is 10.3. The van der Waals surface area contributed by atoms with Crippen LogP contribution < -0.4 is 10.5 Å². The van der Waals surface area contributed by atoms with Gasteiger partial charge in [-0.2, -0.15) is 0 Å². The molecule has 0 saturated carbocycles. The summed E-state index contributed by atoms with van der Waals surface area (Å²) in [5.74, 6) is 0.150. The van der Waals surface area contributed by atoms with Gasteiger partial charge in [0.2, 0.25) is 0 Å². The van der Waals surface area contributed by atoms with E-state index < -0.39 is 5.76 Å². The van der Waals surface area contributed by atoms with E-state index in [9.17, 15) is 4.79 Å². The molecular weight excluding hydrogens is 250 g/mol. The van der Waals surface area contributed by atoms with Gasteiger partial charge in [-0.3, -0.25) is 4.57 Å². The average molecular weight is 258 g/mol. The second-order valence-corrected chi connectivity index (χ2v) is 3.71. The molecule has 4 nitrogen and oxygen atoms in total. The summed E-state index contributed by atoms with van der Waals surface area (Å²) in [4.78, 5) is 11.2. The lowest BCUT2D eigenvalue weighted by molar-refractivity contribution is 0.404. The molecule has 2 rings (SSSR count). The summed E-state index contributed by atoms with van der Waals surface area (Å²) in [7, 11) is 3.19. The van der Waals surface area contributed by atoms with E-state index in [1.165, 1.54) is 11.7 Å². The van der Waals surface area contributed by atoms with Crippen molar-refractivity contribution in [2.75, 3.05) is 7.11 Å². The van der Waals surface area contributed by atoms with E-state index in [1.807, 2.05) is 6.07 Å². The summed E-state index contributed by atoms with van der Waals surface area (Å²) >= 11 is 3.32. The summed E-state index contributed by atoms with van der Waals surface area (Å²) in [6.07, 6.45) is 0. The number of aryl methyl sites for hydroxylation is 1. The van der Waals surface area contributed by atoms with Crippen molar-refractivity contribution in [2.45, 2.75) is 0 Å². The fourth-order valence-corrected chi connectivity index (χ4v) is 1.81. The molecule has 0 amide bonds. The maximum Gasteiger partial charge on any atom is 0.419 e. The average Bonchev–Trinajstić information content (AvgIpc) is 2.43. The molecule has 1 heterocycles. The first kappa shape index (κ1) is 9.33. The molecule has 0 fully saturated rings. The van der Waals surface area contributed by atoms with Crippen molar-refractivity contribution < 1.29 is 9.15 Å². The fraction of sp³-hybridized carbons (Fsp3) is 0.222. The number of nitrogens with zero attached hydrogens (tertiary/aromatic N) is 1. The van der Waals surface area contributed by atoms with E-state index in [0.717, 1.165) is 9.99 Å². The fourth-order valence-electron chi connectivity index (χ4n) is 1.34. The maximum absolute atomic E-state index is 11.2. The Kier molecular flexibility index (Phi) is 2.11. The van der Waals surface area contributed by atoms with Gasteiger partial charge in [-0.05, 0) is 28.1 Å². The highest BCUT2D eigenvalue weighted by atomic mass is 79.9. The monoisotopic (exact) mass is 257 g/mol. The molecule has 0 spiro atoms. The van der Waals surface area contributed by atoms with Crippen LogP contribution >= 0.6 is 15.9 Å².